The van der Waals surface area contributed by atoms with E-state index >= 15 is 0 Å². The van der Waals surface area contributed by atoms with E-state index in [0.29, 0.717) is 28.5 Å². The number of hydrogen-bond donors (Lipinski definition) is 1. The quantitative estimate of drug-likeness (QED) is 0.599. The Morgan fingerprint density at radius 1 is 1.10 bits per heavy atom. The van der Waals surface area contributed by atoms with Crippen LogP contribution in [0.25, 0.3) is 0 Å². The number of hydrogen-bond acceptors (Lipinski definition) is 4. The third-order valence-corrected chi connectivity index (χ3v) is 7.61. The molecule has 1 aromatic rings. The number of halogens is 4. The summed E-state index contributed by atoms with van der Waals surface area (Å²) in [6, 6.07) is 4.77. The minimum absolute atomic E-state index is 0.0109. The number of alkyl halides is 2. The third kappa shape index (κ3) is 3.46. The van der Waals surface area contributed by atoms with E-state index in [1.165, 1.54) is 0 Å². The minimum Gasteiger partial charge on any atom is -0.412 e. The van der Waals surface area contributed by atoms with E-state index < -0.39 is 18.1 Å². The minimum atomic E-state index is -2.66. The summed E-state index contributed by atoms with van der Waals surface area (Å²) in [5, 5.41) is 0.950. The van der Waals surface area contributed by atoms with Crippen LogP contribution in [0.5, 0.6) is 0 Å². The van der Waals surface area contributed by atoms with Gasteiger partial charge in [-0.2, -0.15) is 0 Å². The second-order valence-corrected chi connectivity index (χ2v) is 9.70. The number of hydroxylamine groups is 1. The Kier molecular flexibility index (Phi) is 5.33. The van der Waals surface area contributed by atoms with Crippen molar-refractivity contribution < 1.29 is 23.1 Å². The molecule has 2 unspecified atom stereocenters. The largest absolute Gasteiger partial charge is 0.412 e. The van der Waals surface area contributed by atoms with Crippen LogP contribution < -0.4 is 5.48 Å². The molecular weight excluding hydrogens is 435 g/mol. The van der Waals surface area contributed by atoms with Gasteiger partial charge in [0.05, 0.1) is 12.6 Å². The average Bonchev–Trinajstić information content (AvgIpc) is 3.43. The summed E-state index contributed by atoms with van der Waals surface area (Å²) in [6.45, 7) is -0.0109. The first-order valence-corrected chi connectivity index (χ1v) is 11.2. The molecule has 0 radical (unpaired) electrons. The van der Waals surface area contributed by atoms with Crippen molar-refractivity contribution in [3.63, 3.8) is 0 Å². The Morgan fingerprint density at radius 3 is 2.27 bits per heavy atom. The lowest BCUT2D eigenvalue weighted by Gasteiger charge is -2.39. The standard InChI is InChI=1S/C22H23Cl2F2NO3/c23-15-2-1-3-16(24)17(15)18-14(20(30-27-18)11-4-5-11)10-29-22(21(25)26)8-12-6-7-13(9-22)19(12)28/h1-3,11-13,18,21,27H,4-10H2/t12-,13+,18?,22?. The van der Waals surface area contributed by atoms with Crippen molar-refractivity contribution in [3.05, 3.63) is 45.1 Å². The van der Waals surface area contributed by atoms with Gasteiger partial charge in [-0.3, -0.25) is 4.79 Å². The topological polar surface area (TPSA) is 47.6 Å². The van der Waals surface area contributed by atoms with Crippen molar-refractivity contribution in [2.45, 2.75) is 56.6 Å². The molecular formula is C22H23Cl2F2NO3. The summed E-state index contributed by atoms with van der Waals surface area (Å²) in [5.74, 6) is 0.492. The summed E-state index contributed by atoms with van der Waals surface area (Å²) in [4.78, 5) is 18.0. The first-order chi connectivity index (χ1) is 14.4. The molecule has 1 aliphatic heterocycles. The van der Waals surface area contributed by atoms with E-state index in [0.717, 1.165) is 24.2 Å². The third-order valence-electron chi connectivity index (χ3n) is 6.95. The Morgan fingerprint density at radius 2 is 1.70 bits per heavy atom. The van der Waals surface area contributed by atoms with E-state index in [4.69, 9.17) is 32.8 Å². The highest BCUT2D eigenvalue weighted by Crippen LogP contribution is 2.50. The second-order valence-electron chi connectivity index (χ2n) is 8.89. The predicted molar refractivity (Wildman–Crippen MR) is 108 cm³/mol. The number of allylic oxidation sites excluding steroid dienone is 1. The number of carbonyl (C=O) groups excluding carboxylic acids is 1. The van der Waals surface area contributed by atoms with Gasteiger partial charge in [-0.25, -0.2) is 8.78 Å². The van der Waals surface area contributed by atoms with Gasteiger partial charge >= 0.3 is 0 Å². The van der Waals surface area contributed by atoms with Crippen LogP contribution in [0.2, 0.25) is 10.0 Å². The van der Waals surface area contributed by atoms with Gasteiger partial charge in [0.15, 0.2) is 0 Å². The number of rotatable bonds is 6. The maximum atomic E-state index is 14.2. The Bertz CT molecular complexity index is 866. The summed E-state index contributed by atoms with van der Waals surface area (Å²) in [6.07, 6.45) is 0.843. The summed E-state index contributed by atoms with van der Waals surface area (Å²) in [5.41, 5.74) is 2.79. The zero-order valence-electron chi connectivity index (χ0n) is 16.3. The van der Waals surface area contributed by atoms with Crippen molar-refractivity contribution >= 4 is 29.0 Å². The SMILES string of the molecule is O=C1[C@@H]2CC[C@H]1CC(OCC1=C(C3CC3)ONC1c1c(Cl)cccc1Cl)(C(F)F)C2. The number of benzene rings is 1. The molecule has 4 atom stereocenters. The van der Waals surface area contributed by atoms with Gasteiger partial charge < -0.3 is 9.57 Å². The molecule has 0 aromatic heterocycles. The highest BCUT2D eigenvalue weighted by atomic mass is 35.5. The zero-order chi connectivity index (χ0) is 21.0. The van der Waals surface area contributed by atoms with E-state index in [1.54, 1.807) is 18.2 Å². The molecule has 8 heteroatoms. The molecule has 3 fully saturated rings. The van der Waals surface area contributed by atoms with Crippen molar-refractivity contribution in [1.82, 2.24) is 5.48 Å². The Balaban J connectivity index is 1.44. The molecule has 5 rings (SSSR count). The normalized spacial score (nSPS) is 33.5. The molecule has 3 aliphatic carbocycles. The predicted octanol–water partition coefficient (Wildman–Crippen LogP) is 5.64. The molecule has 1 aromatic carbocycles. The van der Waals surface area contributed by atoms with Crippen LogP contribution in [-0.2, 0) is 14.4 Å². The molecule has 162 valence electrons. The van der Waals surface area contributed by atoms with E-state index in [2.05, 4.69) is 5.48 Å². The number of nitrogens with one attached hydrogen (secondary N) is 1. The fraction of sp³-hybridized carbons (Fsp3) is 0.591. The maximum absolute atomic E-state index is 14.2. The average molecular weight is 458 g/mol. The maximum Gasteiger partial charge on any atom is 0.267 e. The smallest absolute Gasteiger partial charge is 0.267 e. The molecule has 1 heterocycles. The summed E-state index contributed by atoms with van der Waals surface area (Å²) in [7, 11) is 0. The molecule has 30 heavy (non-hydrogen) atoms. The molecule has 0 saturated heterocycles. The lowest BCUT2D eigenvalue weighted by molar-refractivity contribution is -0.171. The summed E-state index contributed by atoms with van der Waals surface area (Å²) < 4.78 is 34.5. The fourth-order valence-corrected chi connectivity index (χ4v) is 5.81. The first-order valence-electron chi connectivity index (χ1n) is 10.4. The van der Waals surface area contributed by atoms with Crippen molar-refractivity contribution in [2.75, 3.05) is 6.61 Å². The van der Waals surface area contributed by atoms with Gasteiger partial charge in [-0.15, -0.1) is 5.48 Å². The molecule has 0 spiro atoms. The molecule has 3 saturated carbocycles. The monoisotopic (exact) mass is 457 g/mol. The van der Waals surface area contributed by atoms with Crippen LogP contribution in [0.3, 0.4) is 0 Å². The van der Waals surface area contributed by atoms with E-state index in [9.17, 15) is 13.6 Å². The van der Waals surface area contributed by atoms with Crippen molar-refractivity contribution in [1.29, 1.82) is 0 Å². The van der Waals surface area contributed by atoms with Crippen LogP contribution in [0.4, 0.5) is 8.78 Å². The first kappa shape index (κ1) is 20.7. The fourth-order valence-electron chi connectivity index (χ4n) is 5.19. The molecule has 0 amide bonds. The van der Waals surface area contributed by atoms with E-state index in [-0.39, 0.29) is 43.0 Å². The van der Waals surface area contributed by atoms with Gasteiger partial charge in [-0.1, -0.05) is 29.3 Å². The molecule has 4 nitrogen and oxygen atoms in total. The highest BCUT2D eigenvalue weighted by molar-refractivity contribution is 6.36. The van der Waals surface area contributed by atoms with Crippen LogP contribution in [0.15, 0.2) is 29.5 Å². The summed E-state index contributed by atoms with van der Waals surface area (Å²) >= 11 is 12.8. The van der Waals surface area contributed by atoms with Crippen LogP contribution in [-0.4, -0.2) is 24.4 Å². The van der Waals surface area contributed by atoms with Crippen molar-refractivity contribution in [2.24, 2.45) is 17.8 Å². The van der Waals surface area contributed by atoms with Crippen molar-refractivity contribution in [3.8, 4) is 0 Å². The lowest BCUT2D eigenvalue weighted by Crippen LogP contribution is -2.49. The number of ketones is 1. The molecule has 1 N–H and O–H groups in total. The Labute approximate surface area is 183 Å². The number of Topliss-reactive ketones (excluding diaryl/α,β-unsaturated/α-hetero) is 1. The van der Waals surface area contributed by atoms with Gasteiger partial charge in [-0.05, 0) is 50.7 Å². The van der Waals surface area contributed by atoms with Gasteiger partial charge in [0.1, 0.15) is 17.1 Å². The van der Waals surface area contributed by atoms with Crippen LogP contribution >= 0.6 is 23.2 Å². The van der Waals surface area contributed by atoms with Crippen LogP contribution in [0, 0.1) is 17.8 Å². The number of carbonyl (C=O) groups is 1. The number of fused-ring (bicyclic) bond motifs is 2. The van der Waals surface area contributed by atoms with Crippen LogP contribution in [0.1, 0.15) is 50.1 Å². The second kappa shape index (κ2) is 7.73. The lowest BCUT2D eigenvalue weighted by atomic mass is 9.76. The molecule has 4 aliphatic rings. The highest BCUT2D eigenvalue weighted by Gasteiger charge is 2.55. The van der Waals surface area contributed by atoms with Gasteiger partial charge in [0.25, 0.3) is 6.43 Å². The number of ether oxygens (including phenoxy) is 1. The van der Waals surface area contributed by atoms with Gasteiger partial charge in [0.2, 0.25) is 0 Å². The molecule has 2 bridgehead atoms. The van der Waals surface area contributed by atoms with E-state index in [1.807, 2.05) is 0 Å². The van der Waals surface area contributed by atoms with Gasteiger partial charge in [0, 0.05) is 38.9 Å². The Hall–Kier alpha value is -1.21. The zero-order valence-corrected chi connectivity index (χ0v) is 17.8.